The number of aryl methyl sites for hydroxylation is 1. The lowest BCUT2D eigenvalue weighted by molar-refractivity contribution is 0.364. The molecule has 0 amide bonds. The molecule has 0 aliphatic rings. The van der Waals surface area contributed by atoms with Crippen molar-refractivity contribution < 1.29 is 0 Å². The van der Waals surface area contributed by atoms with Crippen LogP contribution in [0.1, 0.15) is 53.2 Å². The molecule has 0 fully saturated rings. The number of nitrogens with zero attached hydrogens (tertiary/aromatic N) is 2. The van der Waals surface area contributed by atoms with E-state index in [9.17, 15) is 0 Å². The summed E-state index contributed by atoms with van der Waals surface area (Å²) in [6.07, 6.45) is 4.20. The van der Waals surface area contributed by atoms with Gasteiger partial charge in [-0.2, -0.15) is 5.10 Å². The second-order valence-corrected chi connectivity index (χ2v) is 6.45. The Morgan fingerprint density at radius 1 is 1.44 bits per heavy atom. The Bertz CT molecular complexity index is 371. The lowest BCUT2D eigenvalue weighted by Gasteiger charge is -2.30. The van der Waals surface area contributed by atoms with Gasteiger partial charge in [0.25, 0.3) is 0 Å². The highest BCUT2D eigenvalue weighted by molar-refractivity contribution is 9.10. The second-order valence-electron chi connectivity index (χ2n) is 5.60. The number of hydrogen-bond donors (Lipinski definition) is 1. The molecule has 0 aliphatic heterocycles. The van der Waals surface area contributed by atoms with Crippen LogP contribution in [0.3, 0.4) is 0 Å². The van der Waals surface area contributed by atoms with Gasteiger partial charge in [0.2, 0.25) is 0 Å². The number of halogens is 1. The van der Waals surface area contributed by atoms with Crippen molar-refractivity contribution in [3.8, 4) is 0 Å². The van der Waals surface area contributed by atoms with Crippen LogP contribution in [0.4, 0.5) is 0 Å². The lowest BCUT2D eigenvalue weighted by atomic mass is 9.82. The van der Waals surface area contributed by atoms with Crippen LogP contribution in [0.2, 0.25) is 0 Å². The monoisotopic (exact) mass is 315 g/mol. The molecule has 1 aromatic heterocycles. The Morgan fingerprint density at radius 2 is 2.11 bits per heavy atom. The van der Waals surface area contributed by atoms with E-state index in [1.807, 2.05) is 6.20 Å². The van der Waals surface area contributed by atoms with Crippen molar-refractivity contribution in [1.82, 2.24) is 15.1 Å². The highest BCUT2D eigenvalue weighted by atomic mass is 79.9. The summed E-state index contributed by atoms with van der Waals surface area (Å²) >= 11 is 3.63. The first-order valence-electron chi connectivity index (χ1n) is 6.87. The van der Waals surface area contributed by atoms with Gasteiger partial charge >= 0.3 is 0 Å². The Morgan fingerprint density at radius 3 is 2.67 bits per heavy atom. The zero-order valence-electron chi connectivity index (χ0n) is 12.3. The van der Waals surface area contributed by atoms with E-state index in [1.165, 1.54) is 12.1 Å². The van der Waals surface area contributed by atoms with Gasteiger partial charge in [0.1, 0.15) is 0 Å². The van der Waals surface area contributed by atoms with Gasteiger partial charge in [0.05, 0.1) is 16.4 Å². The quantitative estimate of drug-likeness (QED) is 0.831. The molecule has 1 rings (SSSR count). The first kappa shape index (κ1) is 15.7. The smallest absolute Gasteiger partial charge is 0.0635 e. The van der Waals surface area contributed by atoms with Gasteiger partial charge < -0.3 is 5.32 Å². The molecule has 0 saturated heterocycles. The van der Waals surface area contributed by atoms with Crippen LogP contribution in [-0.2, 0) is 12.0 Å². The van der Waals surface area contributed by atoms with Crippen molar-refractivity contribution in [2.75, 3.05) is 6.54 Å². The minimum Gasteiger partial charge on any atom is -0.314 e. The van der Waals surface area contributed by atoms with Crippen molar-refractivity contribution in [2.45, 2.75) is 65.5 Å². The molecule has 0 aliphatic carbocycles. The molecule has 0 radical (unpaired) electrons. The van der Waals surface area contributed by atoms with Gasteiger partial charge in [0, 0.05) is 18.0 Å². The fourth-order valence-corrected chi connectivity index (χ4v) is 3.43. The molecule has 0 spiro atoms. The Balaban J connectivity index is 2.81. The Hall–Kier alpha value is -0.350. The maximum absolute atomic E-state index is 4.42. The zero-order chi connectivity index (χ0) is 13.8. The van der Waals surface area contributed by atoms with E-state index in [-0.39, 0.29) is 5.41 Å². The molecule has 1 N–H and O–H groups in total. The van der Waals surface area contributed by atoms with Crippen molar-refractivity contribution in [2.24, 2.45) is 0 Å². The van der Waals surface area contributed by atoms with E-state index in [0.29, 0.717) is 6.04 Å². The molecular formula is C14H26BrN3. The molecule has 0 aromatic carbocycles. The molecule has 0 bridgehead atoms. The minimum absolute atomic E-state index is 0.117. The zero-order valence-corrected chi connectivity index (χ0v) is 13.8. The number of rotatable bonds is 7. The topological polar surface area (TPSA) is 29.9 Å². The Labute approximate surface area is 119 Å². The molecule has 1 unspecified atom stereocenters. The van der Waals surface area contributed by atoms with Gasteiger partial charge in [-0.1, -0.05) is 20.8 Å². The first-order chi connectivity index (χ1) is 8.42. The average molecular weight is 316 g/mol. The molecule has 4 heteroatoms. The normalized spacial score (nSPS) is 13.9. The average Bonchev–Trinajstić information content (AvgIpc) is 2.67. The molecule has 1 aromatic rings. The molecule has 104 valence electrons. The predicted molar refractivity (Wildman–Crippen MR) is 81.0 cm³/mol. The second kappa shape index (κ2) is 6.71. The van der Waals surface area contributed by atoms with E-state index >= 15 is 0 Å². The maximum Gasteiger partial charge on any atom is 0.0635 e. The van der Waals surface area contributed by atoms with Gasteiger partial charge in [0.15, 0.2) is 0 Å². The number of aromatic nitrogens is 2. The van der Waals surface area contributed by atoms with Gasteiger partial charge in [-0.15, -0.1) is 0 Å². The summed E-state index contributed by atoms with van der Waals surface area (Å²) in [6, 6.07) is 0.520. The largest absolute Gasteiger partial charge is 0.314 e. The van der Waals surface area contributed by atoms with E-state index in [1.54, 1.807) is 0 Å². The van der Waals surface area contributed by atoms with Crippen molar-refractivity contribution in [1.29, 1.82) is 0 Å². The summed E-state index contributed by atoms with van der Waals surface area (Å²) in [5.74, 6) is 0. The van der Waals surface area contributed by atoms with Crippen LogP contribution < -0.4 is 5.32 Å². The molecule has 0 saturated carbocycles. The minimum atomic E-state index is 0.117. The van der Waals surface area contributed by atoms with Crippen LogP contribution in [0.15, 0.2) is 10.7 Å². The van der Waals surface area contributed by atoms with E-state index < -0.39 is 0 Å². The predicted octanol–water partition coefficient (Wildman–Crippen LogP) is 3.72. The van der Waals surface area contributed by atoms with Crippen LogP contribution in [0.25, 0.3) is 0 Å². The number of hydrogen-bond acceptors (Lipinski definition) is 2. The SMILES string of the molecule is CCCNC(C)CC(C)(C)c1c(Br)cnn1CC. The Kier molecular flexibility index (Phi) is 5.86. The van der Waals surface area contributed by atoms with Gasteiger partial charge in [-0.05, 0) is 49.2 Å². The van der Waals surface area contributed by atoms with Gasteiger partial charge in [-0.25, -0.2) is 0 Å². The van der Waals surface area contributed by atoms with E-state index in [4.69, 9.17) is 0 Å². The summed E-state index contributed by atoms with van der Waals surface area (Å²) in [6.45, 7) is 13.2. The maximum atomic E-state index is 4.42. The molecule has 18 heavy (non-hydrogen) atoms. The lowest BCUT2D eigenvalue weighted by Crippen LogP contribution is -2.35. The summed E-state index contributed by atoms with van der Waals surface area (Å²) in [5, 5.41) is 7.98. The third-order valence-corrected chi connectivity index (χ3v) is 3.88. The fourth-order valence-electron chi connectivity index (χ4n) is 2.60. The molecule has 1 atom stereocenters. The van der Waals surface area contributed by atoms with Crippen LogP contribution >= 0.6 is 15.9 Å². The van der Waals surface area contributed by atoms with Crippen LogP contribution in [0, 0.1) is 0 Å². The highest BCUT2D eigenvalue weighted by Gasteiger charge is 2.29. The summed E-state index contributed by atoms with van der Waals surface area (Å²) in [7, 11) is 0. The van der Waals surface area contributed by atoms with Crippen molar-refractivity contribution in [3.05, 3.63) is 16.4 Å². The van der Waals surface area contributed by atoms with E-state index in [2.05, 4.69) is 65.6 Å². The third kappa shape index (κ3) is 3.82. The summed E-state index contributed by atoms with van der Waals surface area (Å²) < 4.78 is 3.22. The first-order valence-corrected chi connectivity index (χ1v) is 7.66. The van der Waals surface area contributed by atoms with E-state index in [0.717, 1.165) is 24.0 Å². The van der Waals surface area contributed by atoms with Crippen LogP contribution in [0.5, 0.6) is 0 Å². The standard InChI is InChI=1S/C14H26BrN3/c1-6-8-16-11(3)9-14(4,5)13-12(15)10-17-18(13)7-2/h10-11,16H,6-9H2,1-5H3. The number of nitrogens with one attached hydrogen (secondary N) is 1. The summed E-state index contributed by atoms with van der Waals surface area (Å²) in [4.78, 5) is 0. The third-order valence-electron chi connectivity index (χ3n) is 3.29. The van der Waals surface area contributed by atoms with Crippen molar-refractivity contribution in [3.63, 3.8) is 0 Å². The highest BCUT2D eigenvalue weighted by Crippen LogP contribution is 2.33. The molecular weight excluding hydrogens is 290 g/mol. The fraction of sp³-hybridized carbons (Fsp3) is 0.786. The molecule has 1 heterocycles. The summed E-state index contributed by atoms with van der Waals surface area (Å²) in [5.41, 5.74) is 1.42. The van der Waals surface area contributed by atoms with Crippen molar-refractivity contribution >= 4 is 15.9 Å². The molecule has 3 nitrogen and oxygen atoms in total. The van der Waals surface area contributed by atoms with Crippen LogP contribution in [-0.4, -0.2) is 22.4 Å². The van der Waals surface area contributed by atoms with Gasteiger partial charge in [-0.3, -0.25) is 4.68 Å².